The number of hydrogen-bond donors (Lipinski definition) is 2. The number of anilines is 1. The number of rotatable bonds is 6. The van der Waals surface area contributed by atoms with E-state index < -0.39 is 28.6 Å². The minimum Gasteiger partial charge on any atom is -0.484 e. The number of nitrogens with one attached hydrogen (secondary N) is 2. The second kappa shape index (κ2) is 9.45. The molecule has 2 heterocycles. The molecule has 4 rings (SSSR count). The van der Waals surface area contributed by atoms with Crippen LogP contribution in [0.4, 0.5) is 10.5 Å². The summed E-state index contributed by atoms with van der Waals surface area (Å²) in [6, 6.07) is 10.00. The van der Waals surface area contributed by atoms with Crippen molar-refractivity contribution in [1.29, 1.82) is 0 Å². The molecule has 2 N–H and O–H groups in total. The molecule has 0 aliphatic carbocycles. The first-order valence-electron chi connectivity index (χ1n) is 10.2. The molecule has 1 saturated heterocycles. The lowest BCUT2D eigenvalue weighted by Gasteiger charge is -2.25. The van der Waals surface area contributed by atoms with Crippen LogP contribution in [0, 0.1) is 0 Å². The van der Waals surface area contributed by atoms with Crippen LogP contribution in [-0.2, 0) is 14.8 Å². The molecule has 0 unspecified atom stereocenters. The third-order valence-electron chi connectivity index (χ3n) is 5.03. The van der Waals surface area contributed by atoms with Crippen molar-refractivity contribution < 1.29 is 32.2 Å². The Morgan fingerprint density at radius 1 is 0.969 bits per heavy atom. The van der Waals surface area contributed by atoms with Crippen molar-refractivity contribution in [1.82, 2.24) is 9.62 Å². The van der Waals surface area contributed by atoms with Gasteiger partial charge in [-0.15, -0.1) is 0 Å². The van der Waals surface area contributed by atoms with Crippen LogP contribution in [0.2, 0.25) is 0 Å². The zero-order valence-electron chi connectivity index (χ0n) is 17.2. The Labute approximate surface area is 185 Å². The fraction of sp³-hybridized carbons (Fsp3) is 0.333. The fourth-order valence-electron chi connectivity index (χ4n) is 3.41. The van der Waals surface area contributed by atoms with Crippen LogP contribution in [0.25, 0.3) is 0 Å². The van der Waals surface area contributed by atoms with Crippen molar-refractivity contribution in [3.63, 3.8) is 0 Å². The van der Waals surface area contributed by atoms with Gasteiger partial charge < -0.3 is 19.5 Å². The van der Waals surface area contributed by atoms with Gasteiger partial charge in [-0.2, -0.15) is 4.31 Å². The second-order valence-corrected chi connectivity index (χ2v) is 9.23. The van der Waals surface area contributed by atoms with Crippen LogP contribution in [0.5, 0.6) is 17.2 Å². The number of carbonyl (C=O) groups is 2. The molecule has 3 amide bonds. The third-order valence-corrected chi connectivity index (χ3v) is 6.94. The number of nitrogens with zero attached hydrogens (tertiary/aromatic N) is 1. The molecule has 0 atom stereocenters. The molecule has 2 aliphatic heterocycles. The number of urea groups is 1. The van der Waals surface area contributed by atoms with Crippen molar-refractivity contribution in [2.45, 2.75) is 24.2 Å². The van der Waals surface area contributed by atoms with E-state index in [0.717, 1.165) is 19.3 Å². The van der Waals surface area contributed by atoms with Crippen molar-refractivity contribution >= 4 is 27.6 Å². The zero-order valence-corrected chi connectivity index (χ0v) is 18.0. The first-order chi connectivity index (χ1) is 15.4. The maximum atomic E-state index is 12.7. The quantitative estimate of drug-likeness (QED) is 0.677. The van der Waals surface area contributed by atoms with Crippen molar-refractivity contribution in [2.75, 3.05) is 31.8 Å². The lowest BCUT2D eigenvalue weighted by Crippen LogP contribution is -2.37. The largest absolute Gasteiger partial charge is 0.484 e. The second-order valence-electron chi connectivity index (χ2n) is 7.30. The number of amides is 3. The van der Waals surface area contributed by atoms with Crippen molar-refractivity contribution in [3.8, 4) is 17.2 Å². The van der Waals surface area contributed by atoms with E-state index in [1.54, 1.807) is 18.2 Å². The molecule has 32 heavy (non-hydrogen) atoms. The van der Waals surface area contributed by atoms with E-state index in [1.807, 2.05) is 0 Å². The summed E-state index contributed by atoms with van der Waals surface area (Å²) in [6.45, 7) is 0.753. The predicted molar refractivity (Wildman–Crippen MR) is 114 cm³/mol. The average molecular weight is 461 g/mol. The Bertz CT molecular complexity index is 1100. The van der Waals surface area contributed by atoms with Crippen LogP contribution >= 0.6 is 0 Å². The van der Waals surface area contributed by atoms with E-state index in [1.165, 1.54) is 28.6 Å². The normalized spacial score (nSPS) is 15.8. The first-order valence-corrected chi connectivity index (χ1v) is 11.6. The van der Waals surface area contributed by atoms with Gasteiger partial charge in [0.05, 0.1) is 4.90 Å². The maximum absolute atomic E-state index is 12.7. The van der Waals surface area contributed by atoms with Crippen LogP contribution < -0.4 is 24.8 Å². The summed E-state index contributed by atoms with van der Waals surface area (Å²) >= 11 is 0. The standard InChI is InChI=1S/C21H23N3O7S/c25-20(23-21(26)22-15-4-9-18-19(12-15)31-14-30-18)13-29-16-5-7-17(8-6-16)32(27,28)24-10-2-1-3-11-24/h4-9,12H,1-3,10-11,13-14H2,(H2,22,23,25,26). The van der Waals surface area contributed by atoms with E-state index in [0.29, 0.717) is 36.0 Å². The van der Waals surface area contributed by atoms with E-state index in [2.05, 4.69) is 10.6 Å². The number of ether oxygens (including phenoxy) is 3. The lowest BCUT2D eigenvalue weighted by molar-refractivity contribution is -0.121. The van der Waals surface area contributed by atoms with Gasteiger partial charge in [0.1, 0.15) is 5.75 Å². The van der Waals surface area contributed by atoms with Crippen LogP contribution in [0.1, 0.15) is 19.3 Å². The van der Waals surface area contributed by atoms with Gasteiger partial charge in [-0.25, -0.2) is 13.2 Å². The highest BCUT2D eigenvalue weighted by molar-refractivity contribution is 7.89. The molecular formula is C21H23N3O7S. The number of piperidine rings is 1. The van der Waals surface area contributed by atoms with Gasteiger partial charge >= 0.3 is 6.03 Å². The molecule has 170 valence electrons. The van der Waals surface area contributed by atoms with Gasteiger partial charge in [0.2, 0.25) is 16.8 Å². The Balaban J connectivity index is 1.26. The molecular weight excluding hydrogens is 438 g/mol. The number of benzene rings is 2. The molecule has 0 bridgehead atoms. The lowest BCUT2D eigenvalue weighted by atomic mass is 10.2. The van der Waals surface area contributed by atoms with E-state index >= 15 is 0 Å². The fourth-order valence-corrected chi connectivity index (χ4v) is 4.93. The third kappa shape index (κ3) is 5.11. The van der Waals surface area contributed by atoms with Crippen molar-refractivity contribution in [2.24, 2.45) is 0 Å². The molecule has 11 heteroatoms. The topological polar surface area (TPSA) is 123 Å². The smallest absolute Gasteiger partial charge is 0.325 e. The van der Waals surface area contributed by atoms with Gasteiger partial charge in [-0.1, -0.05) is 6.42 Å². The summed E-state index contributed by atoms with van der Waals surface area (Å²) in [6.07, 6.45) is 2.76. The zero-order chi connectivity index (χ0) is 22.6. The summed E-state index contributed by atoms with van der Waals surface area (Å²) in [5.41, 5.74) is 0.436. The number of hydrogen-bond acceptors (Lipinski definition) is 7. The minimum atomic E-state index is -3.53. The molecule has 2 aliphatic rings. The van der Waals surface area contributed by atoms with Crippen LogP contribution in [-0.4, -0.2) is 51.2 Å². The maximum Gasteiger partial charge on any atom is 0.325 e. The number of sulfonamides is 1. The molecule has 2 aromatic rings. The molecule has 10 nitrogen and oxygen atoms in total. The first kappa shape index (κ1) is 21.9. The molecule has 0 saturated carbocycles. The van der Waals surface area contributed by atoms with Gasteiger partial charge in [0, 0.05) is 24.8 Å². The Hall–Kier alpha value is -3.31. The van der Waals surface area contributed by atoms with Gasteiger partial charge in [0.25, 0.3) is 5.91 Å². The van der Waals surface area contributed by atoms with Crippen molar-refractivity contribution in [3.05, 3.63) is 42.5 Å². The van der Waals surface area contributed by atoms with E-state index in [9.17, 15) is 18.0 Å². The van der Waals surface area contributed by atoms with Crippen LogP contribution in [0.3, 0.4) is 0 Å². The highest BCUT2D eigenvalue weighted by Crippen LogP contribution is 2.34. The molecule has 0 spiro atoms. The van der Waals surface area contributed by atoms with Gasteiger partial charge in [0.15, 0.2) is 18.1 Å². The highest BCUT2D eigenvalue weighted by Gasteiger charge is 2.25. The Kier molecular flexibility index (Phi) is 6.47. The summed E-state index contributed by atoms with van der Waals surface area (Å²) in [5, 5.41) is 4.68. The van der Waals surface area contributed by atoms with E-state index in [4.69, 9.17) is 14.2 Å². The highest BCUT2D eigenvalue weighted by atomic mass is 32.2. The molecule has 0 aromatic heterocycles. The number of carbonyl (C=O) groups excluding carboxylic acids is 2. The number of imide groups is 1. The summed E-state index contributed by atoms with van der Waals surface area (Å²) < 4.78 is 42.6. The Morgan fingerprint density at radius 3 is 2.44 bits per heavy atom. The predicted octanol–water partition coefficient (Wildman–Crippen LogP) is 2.32. The average Bonchev–Trinajstić information content (AvgIpc) is 3.26. The summed E-state index contributed by atoms with van der Waals surface area (Å²) in [4.78, 5) is 24.2. The SMILES string of the molecule is O=C(COc1ccc(S(=O)(=O)N2CCCCC2)cc1)NC(=O)Nc1ccc2c(c1)OCO2. The van der Waals surface area contributed by atoms with E-state index in [-0.39, 0.29) is 11.7 Å². The molecule has 2 aromatic carbocycles. The van der Waals surface area contributed by atoms with Gasteiger partial charge in [-0.05, 0) is 49.2 Å². The molecule has 0 radical (unpaired) electrons. The summed E-state index contributed by atoms with van der Waals surface area (Å²) in [7, 11) is -3.53. The molecule has 1 fully saturated rings. The minimum absolute atomic E-state index is 0.117. The monoisotopic (exact) mass is 461 g/mol. The Morgan fingerprint density at radius 2 is 1.69 bits per heavy atom. The van der Waals surface area contributed by atoms with Gasteiger partial charge in [-0.3, -0.25) is 10.1 Å². The number of fused-ring (bicyclic) bond motifs is 1. The summed E-state index contributed by atoms with van der Waals surface area (Å²) in [5.74, 6) is 0.737. The van der Waals surface area contributed by atoms with Crippen LogP contribution in [0.15, 0.2) is 47.4 Å².